The van der Waals surface area contributed by atoms with Gasteiger partial charge in [-0.2, -0.15) is 0 Å². The summed E-state index contributed by atoms with van der Waals surface area (Å²) in [6.45, 7) is 1.65. The molecule has 2 aromatic rings. The van der Waals surface area contributed by atoms with Gasteiger partial charge in [-0.3, -0.25) is 9.10 Å². The van der Waals surface area contributed by atoms with Gasteiger partial charge in [0.25, 0.3) is 5.91 Å². The van der Waals surface area contributed by atoms with E-state index in [1.807, 2.05) is 24.3 Å². The van der Waals surface area contributed by atoms with Gasteiger partial charge in [-0.25, -0.2) is 8.42 Å². The van der Waals surface area contributed by atoms with E-state index in [9.17, 15) is 13.2 Å². The molecule has 0 aliphatic carbocycles. The van der Waals surface area contributed by atoms with Crippen LogP contribution in [0.2, 0.25) is 0 Å². The van der Waals surface area contributed by atoms with Crippen LogP contribution in [0.25, 0.3) is 0 Å². The minimum absolute atomic E-state index is 0.173. The molecule has 2 aliphatic rings. The first-order chi connectivity index (χ1) is 13.9. The first-order valence-corrected chi connectivity index (χ1v) is 12.1. The SMILES string of the molecule is O=C(NC1(c2cccc(Br)c2)CCOCC1)c1ccc(N2CCCS2(=O)=O)cc1. The molecule has 4 rings (SSSR count). The van der Waals surface area contributed by atoms with Crippen molar-refractivity contribution in [1.29, 1.82) is 0 Å². The minimum atomic E-state index is -3.23. The van der Waals surface area contributed by atoms with Crippen molar-refractivity contribution in [2.75, 3.05) is 29.8 Å². The first kappa shape index (κ1) is 20.4. The van der Waals surface area contributed by atoms with E-state index in [0.29, 0.717) is 50.3 Å². The molecule has 1 N–H and O–H groups in total. The second kappa shape index (κ2) is 8.08. The third-order valence-corrected chi connectivity index (χ3v) is 7.96. The molecule has 1 amide bonds. The monoisotopic (exact) mass is 478 g/mol. The maximum absolute atomic E-state index is 13.0. The number of nitrogens with one attached hydrogen (secondary N) is 1. The van der Waals surface area contributed by atoms with Crippen LogP contribution >= 0.6 is 15.9 Å². The van der Waals surface area contributed by atoms with Crippen molar-refractivity contribution < 1.29 is 17.9 Å². The highest BCUT2D eigenvalue weighted by atomic mass is 79.9. The van der Waals surface area contributed by atoms with Crippen LogP contribution in [0.3, 0.4) is 0 Å². The van der Waals surface area contributed by atoms with Crippen molar-refractivity contribution in [3.05, 3.63) is 64.1 Å². The number of halogens is 1. The summed E-state index contributed by atoms with van der Waals surface area (Å²) in [5, 5.41) is 3.23. The fraction of sp³-hybridized carbons (Fsp3) is 0.381. The molecule has 0 saturated carbocycles. The number of amides is 1. The summed E-state index contributed by atoms with van der Waals surface area (Å²) in [5.41, 5.74) is 1.66. The molecule has 2 heterocycles. The van der Waals surface area contributed by atoms with Crippen LogP contribution in [0.15, 0.2) is 53.0 Å². The van der Waals surface area contributed by atoms with Crippen molar-refractivity contribution in [1.82, 2.24) is 5.32 Å². The van der Waals surface area contributed by atoms with E-state index in [1.54, 1.807) is 24.3 Å². The van der Waals surface area contributed by atoms with E-state index in [1.165, 1.54) is 4.31 Å². The number of carbonyl (C=O) groups is 1. The van der Waals surface area contributed by atoms with Crippen molar-refractivity contribution in [2.45, 2.75) is 24.8 Å². The van der Waals surface area contributed by atoms with Gasteiger partial charge < -0.3 is 10.1 Å². The van der Waals surface area contributed by atoms with Crippen molar-refractivity contribution in [3.8, 4) is 0 Å². The van der Waals surface area contributed by atoms with Crippen molar-refractivity contribution in [3.63, 3.8) is 0 Å². The maximum Gasteiger partial charge on any atom is 0.251 e. The molecule has 0 bridgehead atoms. The largest absolute Gasteiger partial charge is 0.381 e. The predicted octanol–water partition coefficient (Wildman–Crippen LogP) is 3.42. The molecule has 2 saturated heterocycles. The standard InChI is InChI=1S/C21H23BrN2O4S/c22-18-4-1-3-17(15-18)21(9-12-28-13-10-21)23-20(25)16-5-7-19(8-6-16)24-11-2-14-29(24,26)27/h1,3-8,15H,2,9-14H2,(H,23,25). The zero-order chi connectivity index (χ0) is 20.5. The highest BCUT2D eigenvalue weighted by Crippen LogP contribution is 2.34. The van der Waals surface area contributed by atoms with E-state index in [2.05, 4.69) is 21.2 Å². The molecule has 2 fully saturated rings. The molecule has 0 unspecified atom stereocenters. The van der Waals surface area contributed by atoms with Gasteiger partial charge in [0.1, 0.15) is 0 Å². The lowest BCUT2D eigenvalue weighted by atomic mass is 9.82. The smallest absolute Gasteiger partial charge is 0.251 e. The number of benzene rings is 2. The molecule has 0 aromatic heterocycles. The Labute approximate surface area is 179 Å². The number of carbonyl (C=O) groups excluding carboxylic acids is 1. The normalized spacial score (nSPS) is 20.4. The van der Waals surface area contributed by atoms with Crippen LogP contribution in [0, 0.1) is 0 Å². The van der Waals surface area contributed by atoms with Crippen LogP contribution in [0.4, 0.5) is 5.69 Å². The quantitative estimate of drug-likeness (QED) is 0.730. The summed E-state index contributed by atoms with van der Waals surface area (Å²) in [6, 6.07) is 14.8. The molecule has 2 aliphatic heterocycles. The number of hydrogen-bond donors (Lipinski definition) is 1. The van der Waals surface area contributed by atoms with Gasteiger partial charge in [-0.1, -0.05) is 28.1 Å². The van der Waals surface area contributed by atoms with Gasteiger partial charge in [0.15, 0.2) is 0 Å². The Kier molecular flexibility index (Phi) is 5.68. The van der Waals surface area contributed by atoms with Crippen molar-refractivity contribution >= 4 is 37.5 Å². The fourth-order valence-corrected chi connectivity index (χ4v) is 5.95. The number of rotatable bonds is 4. The maximum atomic E-state index is 13.0. The Bertz CT molecular complexity index is 1000. The molecule has 2 aromatic carbocycles. The number of sulfonamides is 1. The average Bonchev–Trinajstić information content (AvgIpc) is 3.08. The summed E-state index contributed by atoms with van der Waals surface area (Å²) in [6.07, 6.45) is 2.01. The number of ether oxygens (including phenoxy) is 1. The molecule has 0 spiro atoms. The van der Waals surface area contributed by atoms with Gasteiger partial charge in [-0.15, -0.1) is 0 Å². The topological polar surface area (TPSA) is 75.7 Å². The van der Waals surface area contributed by atoms with Crippen LogP contribution in [-0.4, -0.2) is 39.8 Å². The van der Waals surface area contributed by atoms with Crippen LogP contribution in [0.1, 0.15) is 35.2 Å². The Morgan fingerprint density at radius 3 is 2.45 bits per heavy atom. The van der Waals surface area contributed by atoms with Gasteiger partial charge in [0.2, 0.25) is 10.0 Å². The second-order valence-corrected chi connectivity index (χ2v) is 10.4. The predicted molar refractivity (Wildman–Crippen MR) is 116 cm³/mol. The van der Waals surface area contributed by atoms with E-state index in [0.717, 1.165) is 10.0 Å². The summed E-state index contributed by atoms with van der Waals surface area (Å²) >= 11 is 3.52. The zero-order valence-corrected chi connectivity index (χ0v) is 18.3. The summed E-state index contributed by atoms with van der Waals surface area (Å²) in [4.78, 5) is 13.0. The summed E-state index contributed by atoms with van der Waals surface area (Å²) in [5.74, 6) is -0.00497. The molecule has 0 atom stereocenters. The van der Waals surface area contributed by atoms with E-state index < -0.39 is 15.6 Å². The van der Waals surface area contributed by atoms with E-state index >= 15 is 0 Å². The molecule has 6 nitrogen and oxygen atoms in total. The Hall–Kier alpha value is -1.90. The summed E-state index contributed by atoms with van der Waals surface area (Å²) in [7, 11) is -3.23. The Morgan fingerprint density at radius 2 is 1.83 bits per heavy atom. The third kappa shape index (κ3) is 4.20. The molecular weight excluding hydrogens is 456 g/mol. The lowest BCUT2D eigenvalue weighted by Gasteiger charge is -2.38. The molecule has 0 radical (unpaired) electrons. The van der Waals surface area contributed by atoms with E-state index in [4.69, 9.17) is 4.74 Å². The highest BCUT2D eigenvalue weighted by Gasteiger charge is 2.36. The lowest BCUT2D eigenvalue weighted by molar-refractivity contribution is 0.0345. The van der Waals surface area contributed by atoms with Crippen LogP contribution in [-0.2, 0) is 20.3 Å². The lowest BCUT2D eigenvalue weighted by Crippen LogP contribution is -2.49. The fourth-order valence-electron chi connectivity index (χ4n) is 3.99. The molecule has 154 valence electrons. The van der Waals surface area contributed by atoms with Gasteiger partial charge >= 0.3 is 0 Å². The second-order valence-electron chi connectivity index (χ2n) is 7.45. The summed E-state index contributed by atoms with van der Waals surface area (Å²) < 4.78 is 32.1. The van der Waals surface area contributed by atoms with Gasteiger partial charge in [0, 0.05) is 29.8 Å². The third-order valence-electron chi connectivity index (χ3n) is 5.59. The van der Waals surface area contributed by atoms with Gasteiger partial charge in [0.05, 0.1) is 17.0 Å². The first-order valence-electron chi connectivity index (χ1n) is 9.66. The Morgan fingerprint density at radius 1 is 1.10 bits per heavy atom. The zero-order valence-electron chi connectivity index (χ0n) is 15.9. The highest BCUT2D eigenvalue weighted by molar-refractivity contribution is 9.10. The van der Waals surface area contributed by atoms with Crippen molar-refractivity contribution in [2.24, 2.45) is 0 Å². The molecule has 29 heavy (non-hydrogen) atoms. The average molecular weight is 479 g/mol. The van der Waals surface area contributed by atoms with Gasteiger partial charge in [-0.05, 0) is 61.2 Å². The number of hydrogen-bond acceptors (Lipinski definition) is 4. The molecular formula is C21H23BrN2O4S. The van der Waals surface area contributed by atoms with E-state index in [-0.39, 0.29) is 11.7 Å². The van der Waals surface area contributed by atoms with Crippen LogP contribution < -0.4 is 9.62 Å². The number of nitrogens with zero attached hydrogens (tertiary/aromatic N) is 1. The Balaban J connectivity index is 1.57. The number of anilines is 1. The van der Waals surface area contributed by atoms with Crippen LogP contribution in [0.5, 0.6) is 0 Å². The minimum Gasteiger partial charge on any atom is -0.381 e. The molecule has 8 heteroatoms.